The second-order valence-corrected chi connectivity index (χ2v) is 8.73. The molecule has 0 bridgehead atoms. The summed E-state index contributed by atoms with van der Waals surface area (Å²) in [6, 6.07) is -0.0987. The summed E-state index contributed by atoms with van der Waals surface area (Å²) >= 11 is 0. The van der Waals surface area contributed by atoms with Crippen molar-refractivity contribution in [2.75, 3.05) is 17.2 Å². The number of hydrogen-bond donors (Lipinski definition) is 1. The van der Waals surface area contributed by atoms with Crippen LogP contribution in [0.5, 0.6) is 0 Å². The van der Waals surface area contributed by atoms with Crippen LogP contribution < -0.4 is 5.73 Å². The molecule has 0 aromatic carbocycles. The van der Waals surface area contributed by atoms with E-state index >= 15 is 0 Å². The summed E-state index contributed by atoms with van der Waals surface area (Å²) in [5.74, 6) is 1.86. The fourth-order valence-electron chi connectivity index (χ4n) is 2.92. The quantitative estimate of drug-likeness (QED) is 0.924. The molecule has 1 aliphatic rings. The van der Waals surface area contributed by atoms with E-state index in [2.05, 4.69) is 32.8 Å². The molecule has 1 aliphatic heterocycles. The van der Waals surface area contributed by atoms with E-state index in [1.807, 2.05) is 0 Å². The van der Waals surface area contributed by atoms with Gasteiger partial charge in [0.05, 0.1) is 23.2 Å². The number of anilines is 1. The molecule has 0 amide bonds. The lowest BCUT2D eigenvalue weighted by Crippen LogP contribution is -2.15. The fraction of sp³-hybridized carbons (Fsp3) is 0.786. The van der Waals surface area contributed by atoms with E-state index in [0.29, 0.717) is 24.1 Å². The first-order valence-electron chi connectivity index (χ1n) is 7.28. The van der Waals surface area contributed by atoms with E-state index in [0.717, 1.165) is 17.7 Å². The van der Waals surface area contributed by atoms with Gasteiger partial charge in [0.15, 0.2) is 9.84 Å². The van der Waals surface area contributed by atoms with Gasteiger partial charge in [-0.25, -0.2) is 13.1 Å². The van der Waals surface area contributed by atoms with E-state index in [-0.39, 0.29) is 17.5 Å². The summed E-state index contributed by atoms with van der Waals surface area (Å²) in [7, 11) is -2.92. The lowest BCUT2D eigenvalue weighted by molar-refractivity contribution is 0.496. The van der Waals surface area contributed by atoms with E-state index in [1.54, 1.807) is 4.68 Å². The van der Waals surface area contributed by atoms with E-state index in [4.69, 9.17) is 5.73 Å². The van der Waals surface area contributed by atoms with Crippen LogP contribution in [0.1, 0.15) is 57.3 Å². The maximum Gasteiger partial charge on any atom is 0.152 e. The van der Waals surface area contributed by atoms with Gasteiger partial charge in [0, 0.05) is 5.56 Å². The highest BCUT2D eigenvalue weighted by Gasteiger charge is 2.32. The van der Waals surface area contributed by atoms with Crippen molar-refractivity contribution in [1.82, 2.24) is 9.78 Å². The van der Waals surface area contributed by atoms with Gasteiger partial charge in [-0.3, -0.25) is 0 Å². The van der Waals surface area contributed by atoms with Crippen molar-refractivity contribution in [2.24, 2.45) is 5.92 Å². The predicted octanol–water partition coefficient (Wildman–Crippen LogP) is 2.15. The van der Waals surface area contributed by atoms with Crippen molar-refractivity contribution < 1.29 is 8.42 Å². The zero-order valence-electron chi connectivity index (χ0n) is 12.8. The molecule has 0 radical (unpaired) electrons. The Labute approximate surface area is 121 Å². The number of nitrogens with zero attached hydrogens (tertiary/aromatic N) is 2. The highest BCUT2D eigenvalue weighted by atomic mass is 32.2. The maximum atomic E-state index is 11.6. The van der Waals surface area contributed by atoms with E-state index in [1.165, 1.54) is 0 Å². The summed E-state index contributed by atoms with van der Waals surface area (Å²) in [4.78, 5) is 0. The van der Waals surface area contributed by atoms with Crippen LogP contribution in [-0.2, 0) is 16.3 Å². The first kappa shape index (κ1) is 15.4. The van der Waals surface area contributed by atoms with E-state index < -0.39 is 9.84 Å². The average Bonchev–Trinajstić information content (AvgIpc) is 2.78. The molecule has 5 nitrogen and oxygen atoms in total. The van der Waals surface area contributed by atoms with Gasteiger partial charge >= 0.3 is 0 Å². The van der Waals surface area contributed by atoms with Gasteiger partial charge < -0.3 is 5.73 Å². The van der Waals surface area contributed by atoms with Crippen molar-refractivity contribution in [1.29, 1.82) is 0 Å². The van der Waals surface area contributed by atoms with Crippen LogP contribution in [0.3, 0.4) is 0 Å². The Balaban J connectivity index is 2.40. The molecular formula is C14H25N3O2S. The lowest BCUT2D eigenvalue weighted by atomic mass is 9.97. The third kappa shape index (κ3) is 3.00. The molecule has 114 valence electrons. The maximum absolute atomic E-state index is 11.6. The van der Waals surface area contributed by atoms with E-state index in [9.17, 15) is 8.42 Å². The Morgan fingerprint density at radius 2 is 2.00 bits per heavy atom. The van der Waals surface area contributed by atoms with Crippen LogP contribution in [0.15, 0.2) is 0 Å². The topological polar surface area (TPSA) is 78.0 Å². The molecule has 2 heterocycles. The third-order valence-electron chi connectivity index (χ3n) is 3.80. The zero-order chi connectivity index (χ0) is 15.1. The van der Waals surface area contributed by atoms with Gasteiger partial charge in [-0.05, 0) is 24.7 Å². The van der Waals surface area contributed by atoms with Crippen LogP contribution in [0, 0.1) is 5.92 Å². The molecule has 0 aliphatic carbocycles. The number of hydrogen-bond acceptors (Lipinski definition) is 4. The SMILES string of the molecule is CC(C)Cc1nn(C2CCS(=O)(=O)C2)c(N)c1C(C)C. The Bertz CT molecular complexity index is 588. The molecule has 1 saturated heterocycles. The summed E-state index contributed by atoms with van der Waals surface area (Å²) in [5, 5.41) is 4.65. The van der Waals surface area contributed by atoms with Crippen molar-refractivity contribution in [3.05, 3.63) is 11.3 Å². The summed E-state index contributed by atoms with van der Waals surface area (Å²) in [6.07, 6.45) is 1.50. The molecule has 2 rings (SSSR count). The molecule has 20 heavy (non-hydrogen) atoms. The summed E-state index contributed by atoms with van der Waals surface area (Å²) in [6.45, 7) is 8.51. The van der Waals surface area contributed by atoms with Gasteiger partial charge in [0.2, 0.25) is 0 Å². The van der Waals surface area contributed by atoms with Crippen LogP contribution in [0.4, 0.5) is 5.82 Å². The number of rotatable bonds is 4. The first-order valence-corrected chi connectivity index (χ1v) is 9.10. The van der Waals surface area contributed by atoms with Gasteiger partial charge in [-0.15, -0.1) is 0 Å². The number of nitrogen functional groups attached to an aromatic ring is 1. The fourth-order valence-corrected chi connectivity index (χ4v) is 4.61. The minimum absolute atomic E-state index is 0.0987. The largest absolute Gasteiger partial charge is 0.384 e. The van der Waals surface area contributed by atoms with Gasteiger partial charge in [0.1, 0.15) is 5.82 Å². The standard InChI is InChI=1S/C14H25N3O2S/c1-9(2)7-12-13(10(3)4)14(15)17(16-12)11-5-6-20(18,19)8-11/h9-11H,5-8,15H2,1-4H3. The molecular weight excluding hydrogens is 274 g/mol. The molecule has 0 spiro atoms. The minimum Gasteiger partial charge on any atom is -0.384 e. The molecule has 1 aromatic heterocycles. The van der Waals surface area contributed by atoms with Crippen LogP contribution in [-0.4, -0.2) is 29.7 Å². The van der Waals surface area contributed by atoms with Gasteiger partial charge in [-0.2, -0.15) is 5.10 Å². The Morgan fingerprint density at radius 3 is 2.45 bits per heavy atom. The van der Waals surface area contributed by atoms with Crippen LogP contribution >= 0.6 is 0 Å². The molecule has 1 atom stereocenters. The van der Waals surface area contributed by atoms with Crippen LogP contribution in [0.2, 0.25) is 0 Å². The summed E-state index contributed by atoms with van der Waals surface area (Å²) < 4.78 is 25.1. The molecule has 0 saturated carbocycles. The van der Waals surface area contributed by atoms with Crippen molar-refractivity contribution in [2.45, 2.75) is 52.5 Å². The normalized spacial score (nSPS) is 22.0. The predicted molar refractivity (Wildman–Crippen MR) is 81.6 cm³/mol. The Hall–Kier alpha value is -1.04. The molecule has 1 aromatic rings. The van der Waals surface area contributed by atoms with Gasteiger partial charge in [0.25, 0.3) is 0 Å². The first-order chi connectivity index (χ1) is 9.21. The highest BCUT2D eigenvalue weighted by Crippen LogP contribution is 2.33. The minimum atomic E-state index is -2.92. The third-order valence-corrected chi connectivity index (χ3v) is 5.55. The number of aromatic nitrogens is 2. The smallest absolute Gasteiger partial charge is 0.152 e. The van der Waals surface area contributed by atoms with Gasteiger partial charge in [-0.1, -0.05) is 27.7 Å². The van der Waals surface area contributed by atoms with Crippen molar-refractivity contribution in [3.8, 4) is 0 Å². The molecule has 6 heteroatoms. The Morgan fingerprint density at radius 1 is 1.35 bits per heavy atom. The second-order valence-electron chi connectivity index (χ2n) is 6.50. The lowest BCUT2D eigenvalue weighted by Gasteiger charge is -2.12. The molecule has 2 N–H and O–H groups in total. The van der Waals surface area contributed by atoms with Crippen LogP contribution in [0.25, 0.3) is 0 Å². The monoisotopic (exact) mass is 299 g/mol. The average molecular weight is 299 g/mol. The van der Waals surface area contributed by atoms with Crippen molar-refractivity contribution >= 4 is 15.7 Å². The highest BCUT2D eigenvalue weighted by molar-refractivity contribution is 7.91. The second kappa shape index (κ2) is 5.39. The number of nitrogens with two attached hydrogens (primary N) is 1. The number of sulfone groups is 1. The zero-order valence-corrected chi connectivity index (χ0v) is 13.6. The van der Waals surface area contributed by atoms with Crippen molar-refractivity contribution in [3.63, 3.8) is 0 Å². The Kier molecular flexibility index (Phi) is 4.14. The molecule has 1 unspecified atom stereocenters. The molecule has 1 fully saturated rings. The summed E-state index contributed by atoms with van der Waals surface area (Å²) in [5.41, 5.74) is 8.37.